The lowest BCUT2D eigenvalue weighted by Crippen LogP contribution is -1.59. The van der Waals surface area contributed by atoms with Crippen LogP contribution in [0.5, 0.6) is 0 Å². The molecule has 1 aromatic rings. The van der Waals surface area contributed by atoms with Crippen molar-refractivity contribution in [1.29, 1.82) is 0 Å². The van der Waals surface area contributed by atoms with Gasteiger partial charge in [-0.3, -0.25) is 0 Å². The van der Waals surface area contributed by atoms with Gasteiger partial charge in [0, 0.05) is 0 Å². The lowest BCUT2D eigenvalue weighted by molar-refractivity contribution is 0.565. The Morgan fingerprint density at radius 1 is 1.20 bits per heavy atom. The predicted molar refractivity (Wildman–Crippen MR) is 41.0 cm³/mol. The fourth-order valence-electron chi connectivity index (χ4n) is 0.555. The van der Waals surface area contributed by atoms with Crippen molar-refractivity contribution in [1.82, 2.24) is 0 Å². The Labute approximate surface area is 60.2 Å². The van der Waals surface area contributed by atoms with Crippen molar-refractivity contribution in [2.45, 2.75) is 7.43 Å². The fourth-order valence-corrected chi connectivity index (χ4v) is 0.555. The number of benzene rings is 1. The topological polar surface area (TPSA) is 29.4 Å². The van der Waals surface area contributed by atoms with Crippen LogP contribution in [-0.4, -0.2) is 6.08 Å². The van der Waals surface area contributed by atoms with Crippen LogP contribution in [0.4, 0.5) is 5.69 Å². The van der Waals surface area contributed by atoms with Gasteiger partial charge >= 0.3 is 0 Å². The van der Waals surface area contributed by atoms with Gasteiger partial charge in [0.1, 0.15) is 0 Å². The zero-order chi connectivity index (χ0) is 6.53. The van der Waals surface area contributed by atoms with Crippen LogP contribution >= 0.6 is 0 Å². The van der Waals surface area contributed by atoms with Gasteiger partial charge in [0.25, 0.3) is 0 Å². The molecule has 0 aliphatic carbocycles. The minimum Gasteiger partial charge on any atom is -0.211 e. The van der Waals surface area contributed by atoms with Gasteiger partial charge in [-0.1, -0.05) is 25.6 Å². The molecule has 0 aromatic heterocycles. The van der Waals surface area contributed by atoms with Gasteiger partial charge in [-0.15, -0.1) is 0 Å². The fraction of sp³-hybridized carbons (Fsp3) is 0.125. The third-order valence-corrected chi connectivity index (χ3v) is 0.931. The summed E-state index contributed by atoms with van der Waals surface area (Å²) in [5, 5.41) is 0. The average molecular weight is 135 g/mol. The summed E-state index contributed by atoms with van der Waals surface area (Å²) in [4.78, 5) is 13.1. The Hall–Kier alpha value is -1.40. The lowest BCUT2D eigenvalue weighted by Gasteiger charge is -1.83. The van der Waals surface area contributed by atoms with Crippen molar-refractivity contribution in [2.24, 2.45) is 4.99 Å². The molecule has 0 unspecified atom stereocenters. The molecule has 0 bridgehead atoms. The number of isocyanates is 1. The van der Waals surface area contributed by atoms with Gasteiger partial charge in [0.05, 0.1) is 5.69 Å². The highest BCUT2D eigenvalue weighted by Gasteiger charge is 1.79. The smallest absolute Gasteiger partial charge is 0.211 e. The Morgan fingerprint density at radius 2 is 1.80 bits per heavy atom. The maximum Gasteiger partial charge on any atom is 0.240 e. The summed E-state index contributed by atoms with van der Waals surface area (Å²) in [5.41, 5.74) is 0.646. The second-order valence-electron chi connectivity index (χ2n) is 1.54. The summed E-state index contributed by atoms with van der Waals surface area (Å²) in [6.45, 7) is 0. The van der Waals surface area contributed by atoms with Crippen LogP contribution in [0.3, 0.4) is 0 Å². The molecule has 0 N–H and O–H groups in total. The average Bonchev–Trinajstić information content (AvgIpc) is 1.91. The maximum atomic E-state index is 9.68. The number of hydrogen-bond donors (Lipinski definition) is 0. The Bertz CT molecular complexity index is 224. The molecule has 0 aliphatic rings. The van der Waals surface area contributed by atoms with E-state index < -0.39 is 0 Å². The van der Waals surface area contributed by atoms with E-state index in [0.717, 1.165) is 0 Å². The van der Waals surface area contributed by atoms with Crippen molar-refractivity contribution in [3.8, 4) is 0 Å². The van der Waals surface area contributed by atoms with Gasteiger partial charge in [-0.2, -0.15) is 4.99 Å². The van der Waals surface area contributed by atoms with Crippen molar-refractivity contribution in [3.63, 3.8) is 0 Å². The molecule has 0 spiro atoms. The van der Waals surface area contributed by atoms with E-state index in [4.69, 9.17) is 0 Å². The van der Waals surface area contributed by atoms with E-state index in [2.05, 4.69) is 4.99 Å². The highest BCUT2D eigenvalue weighted by molar-refractivity contribution is 5.47. The number of carbonyl (C=O) groups excluding carboxylic acids is 1. The number of rotatable bonds is 1. The Morgan fingerprint density at radius 3 is 2.30 bits per heavy atom. The van der Waals surface area contributed by atoms with E-state index in [-0.39, 0.29) is 7.43 Å². The van der Waals surface area contributed by atoms with Gasteiger partial charge in [-0.05, 0) is 12.1 Å². The second-order valence-corrected chi connectivity index (χ2v) is 1.54. The molecular weight excluding hydrogens is 126 g/mol. The minimum absolute atomic E-state index is 0. The monoisotopic (exact) mass is 135 g/mol. The molecule has 0 fully saturated rings. The highest BCUT2D eigenvalue weighted by atomic mass is 16.1. The first-order chi connectivity index (χ1) is 4.43. The van der Waals surface area contributed by atoms with E-state index in [1.54, 1.807) is 12.1 Å². The molecule has 0 aliphatic heterocycles. The second kappa shape index (κ2) is 4.48. The van der Waals surface area contributed by atoms with Crippen LogP contribution in [0, 0.1) is 0 Å². The molecule has 0 amide bonds. The highest BCUT2D eigenvalue weighted by Crippen LogP contribution is 2.06. The molecule has 2 nitrogen and oxygen atoms in total. The SMILES string of the molecule is C.O=C=Nc1ccccc1. The van der Waals surface area contributed by atoms with Crippen LogP contribution in [0.25, 0.3) is 0 Å². The van der Waals surface area contributed by atoms with Gasteiger partial charge < -0.3 is 0 Å². The first-order valence-electron chi connectivity index (χ1n) is 2.56. The zero-order valence-corrected chi connectivity index (χ0v) is 4.74. The summed E-state index contributed by atoms with van der Waals surface area (Å²) in [6, 6.07) is 8.98. The maximum absolute atomic E-state index is 9.68. The van der Waals surface area contributed by atoms with E-state index in [0.29, 0.717) is 5.69 Å². The Kier molecular flexibility index (Phi) is 3.85. The molecule has 0 heterocycles. The summed E-state index contributed by atoms with van der Waals surface area (Å²) in [6.07, 6.45) is 1.46. The van der Waals surface area contributed by atoms with E-state index in [1.807, 2.05) is 18.2 Å². The molecule has 1 rings (SSSR count). The van der Waals surface area contributed by atoms with Crippen molar-refractivity contribution in [2.75, 3.05) is 0 Å². The number of nitrogens with zero attached hydrogens (tertiary/aromatic N) is 1. The predicted octanol–water partition coefficient (Wildman–Crippen LogP) is 2.29. The van der Waals surface area contributed by atoms with Crippen molar-refractivity contribution in [3.05, 3.63) is 30.3 Å². The zero-order valence-electron chi connectivity index (χ0n) is 4.74. The van der Waals surface area contributed by atoms with E-state index >= 15 is 0 Å². The molecular formula is C8H9NO. The first-order valence-corrected chi connectivity index (χ1v) is 2.56. The van der Waals surface area contributed by atoms with Crippen molar-refractivity contribution < 1.29 is 4.79 Å². The van der Waals surface area contributed by atoms with Gasteiger partial charge in [-0.25, -0.2) is 4.79 Å². The van der Waals surface area contributed by atoms with E-state index in [9.17, 15) is 4.79 Å². The number of aliphatic imine (C=N–C) groups is 1. The Balaban J connectivity index is 0.000000810. The molecule has 52 valence electrons. The van der Waals surface area contributed by atoms with Crippen molar-refractivity contribution >= 4 is 11.8 Å². The summed E-state index contributed by atoms with van der Waals surface area (Å²) in [5.74, 6) is 0. The standard InChI is InChI=1S/C7H5NO.CH4/c9-6-8-7-4-2-1-3-5-7;/h1-5H;1H4. The summed E-state index contributed by atoms with van der Waals surface area (Å²) in [7, 11) is 0. The first kappa shape index (κ1) is 8.60. The third-order valence-electron chi connectivity index (χ3n) is 0.931. The van der Waals surface area contributed by atoms with Crippen LogP contribution in [0.2, 0.25) is 0 Å². The molecule has 1 aromatic carbocycles. The lowest BCUT2D eigenvalue weighted by atomic mass is 10.3. The molecule has 10 heavy (non-hydrogen) atoms. The van der Waals surface area contributed by atoms with Gasteiger partial charge in [0.15, 0.2) is 0 Å². The van der Waals surface area contributed by atoms with E-state index in [1.165, 1.54) is 6.08 Å². The molecule has 0 saturated heterocycles. The molecule has 2 heteroatoms. The molecule has 0 atom stereocenters. The number of para-hydroxylation sites is 1. The van der Waals surface area contributed by atoms with Crippen LogP contribution in [0.15, 0.2) is 35.3 Å². The normalized spacial score (nSPS) is 7.20. The molecule has 0 radical (unpaired) electrons. The van der Waals surface area contributed by atoms with Gasteiger partial charge in [0.2, 0.25) is 6.08 Å². The van der Waals surface area contributed by atoms with Crippen LogP contribution in [0.1, 0.15) is 7.43 Å². The minimum atomic E-state index is 0. The number of hydrogen-bond acceptors (Lipinski definition) is 2. The summed E-state index contributed by atoms with van der Waals surface area (Å²) >= 11 is 0. The summed E-state index contributed by atoms with van der Waals surface area (Å²) < 4.78 is 0. The quantitative estimate of drug-likeness (QED) is 0.429. The largest absolute Gasteiger partial charge is 0.240 e. The molecule has 0 saturated carbocycles. The van der Waals surface area contributed by atoms with Crippen LogP contribution < -0.4 is 0 Å². The van der Waals surface area contributed by atoms with Crippen LogP contribution in [-0.2, 0) is 4.79 Å². The third kappa shape index (κ3) is 2.25.